The Balaban J connectivity index is 2.59. The minimum absolute atomic E-state index is 0.254. The molecule has 0 aromatic heterocycles. The molecule has 98 valence electrons. The van der Waals surface area contributed by atoms with Crippen LogP contribution in [-0.4, -0.2) is 12.9 Å². The van der Waals surface area contributed by atoms with Crippen LogP contribution in [0.2, 0.25) is 10.0 Å². The minimum Gasteiger partial charge on any atom is -0.496 e. The highest BCUT2D eigenvalue weighted by molar-refractivity contribution is 6.36. The zero-order chi connectivity index (χ0) is 14.0. The second-order valence-electron chi connectivity index (χ2n) is 3.88. The molecular formula is C14H11Cl2NO2. The minimum atomic E-state index is -0.317. The largest absolute Gasteiger partial charge is 0.496 e. The smallest absolute Gasteiger partial charge is 0.200 e. The quantitative estimate of drug-likeness (QED) is 0.692. The van der Waals surface area contributed by atoms with Gasteiger partial charge in [-0.25, -0.2) is 0 Å². The van der Waals surface area contributed by atoms with Gasteiger partial charge in [-0.2, -0.15) is 0 Å². The monoisotopic (exact) mass is 295 g/mol. The van der Waals surface area contributed by atoms with E-state index in [0.29, 0.717) is 27.0 Å². The van der Waals surface area contributed by atoms with E-state index in [4.69, 9.17) is 33.7 Å². The zero-order valence-corrected chi connectivity index (χ0v) is 11.6. The van der Waals surface area contributed by atoms with Gasteiger partial charge in [-0.05, 0) is 30.3 Å². The summed E-state index contributed by atoms with van der Waals surface area (Å²) in [5.74, 6) is 0.108. The molecule has 2 aromatic rings. The van der Waals surface area contributed by atoms with Gasteiger partial charge in [-0.3, -0.25) is 4.79 Å². The van der Waals surface area contributed by atoms with Crippen molar-refractivity contribution < 1.29 is 9.53 Å². The first-order valence-corrected chi connectivity index (χ1v) is 6.22. The molecule has 3 nitrogen and oxygen atoms in total. The third-order valence-corrected chi connectivity index (χ3v) is 3.23. The Morgan fingerprint density at radius 2 is 1.95 bits per heavy atom. The topological polar surface area (TPSA) is 52.3 Å². The first kappa shape index (κ1) is 13.7. The van der Waals surface area contributed by atoms with E-state index < -0.39 is 0 Å². The number of benzene rings is 2. The Kier molecular flexibility index (Phi) is 3.98. The van der Waals surface area contributed by atoms with Crippen molar-refractivity contribution in [2.45, 2.75) is 0 Å². The standard InChI is InChI=1S/C14H11Cl2NO2/c1-19-12-6-5-8(15)7-9(12)14(18)13-10(16)3-2-4-11(13)17/h2-7H,17H2,1H3. The van der Waals surface area contributed by atoms with Crippen molar-refractivity contribution in [3.05, 3.63) is 57.6 Å². The number of nitrogen functional groups attached to an aromatic ring is 1. The van der Waals surface area contributed by atoms with E-state index in [0.717, 1.165) is 0 Å². The third-order valence-electron chi connectivity index (χ3n) is 2.68. The molecule has 2 aromatic carbocycles. The van der Waals surface area contributed by atoms with Gasteiger partial charge in [0.2, 0.25) is 0 Å². The van der Waals surface area contributed by atoms with E-state index >= 15 is 0 Å². The molecular weight excluding hydrogens is 285 g/mol. The molecule has 0 spiro atoms. The van der Waals surface area contributed by atoms with Crippen LogP contribution in [-0.2, 0) is 0 Å². The lowest BCUT2D eigenvalue weighted by Gasteiger charge is -2.10. The van der Waals surface area contributed by atoms with Crippen LogP contribution in [0.5, 0.6) is 5.75 Å². The first-order valence-electron chi connectivity index (χ1n) is 5.47. The summed E-state index contributed by atoms with van der Waals surface area (Å²) in [7, 11) is 1.48. The summed E-state index contributed by atoms with van der Waals surface area (Å²) in [5.41, 5.74) is 6.71. The maximum Gasteiger partial charge on any atom is 0.200 e. The molecule has 0 unspecified atom stereocenters. The second kappa shape index (κ2) is 5.51. The fraction of sp³-hybridized carbons (Fsp3) is 0.0714. The Hall–Kier alpha value is -1.71. The van der Waals surface area contributed by atoms with E-state index in [2.05, 4.69) is 0 Å². The molecule has 2 rings (SSSR count). The summed E-state index contributed by atoms with van der Waals surface area (Å²) in [6.45, 7) is 0. The van der Waals surface area contributed by atoms with Crippen molar-refractivity contribution in [2.24, 2.45) is 0 Å². The average molecular weight is 296 g/mol. The lowest BCUT2D eigenvalue weighted by atomic mass is 10.0. The molecule has 0 saturated heterocycles. The molecule has 5 heteroatoms. The van der Waals surface area contributed by atoms with Gasteiger partial charge in [0.25, 0.3) is 0 Å². The van der Waals surface area contributed by atoms with Gasteiger partial charge in [0.15, 0.2) is 5.78 Å². The number of carbonyl (C=O) groups is 1. The van der Waals surface area contributed by atoms with Crippen molar-refractivity contribution in [3.63, 3.8) is 0 Å². The van der Waals surface area contributed by atoms with Crippen LogP contribution >= 0.6 is 23.2 Å². The van der Waals surface area contributed by atoms with Crippen LogP contribution in [0.25, 0.3) is 0 Å². The fourth-order valence-electron chi connectivity index (χ4n) is 1.77. The van der Waals surface area contributed by atoms with E-state index in [1.807, 2.05) is 0 Å². The Bertz CT molecular complexity index is 621. The SMILES string of the molecule is COc1ccc(Cl)cc1C(=O)c1c(N)cccc1Cl. The molecule has 0 heterocycles. The molecule has 2 N–H and O–H groups in total. The number of hydrogen-bond acceptors (Lipinski definition) is 3. The van der Waals surface area contributed by atoms with Crippen LogP contribution in [0.4, 0.5) is 5.69 Å². The van der Waals surface area contributed by atoms with E-state index in [-0.39, 0.29) is 11.3 Å². The maximum absolute atomic E-state index is 12.5. The first-order chi connectivity index (χ1) is 9.04. The van der Waals surface area contributed by atoms with Crippen molar-refractivity contribution >= 4 is 34.7 Å². The van der Waals surface area contributed by atoms with E-state index in [1.54, 1.807) is 30.3 Å². The number of rotatable bonds is 3. The highest BCUT2D eigenvalue weighted by Crippen LogP contribution is 2.30. The van der Waals surface area contributed by atoms with Crippen molar-refractivity contribution in [2.75, 3.05) is 12.8 Å². The number of halogens is 2. The molecule has 0 aliphatic heterocycles. The lowest BCUT2D eigenvalue weighted by Crippen LogP contribution is -2.08. The van der Waals surface area contributed by atoms with Gasteiger partial charge in [-0.15, -0.1) is 0 Å². The molecule has 0 atom stereocenters. The summed E-state index contributed by atoms with van der Waals surface area (Å²) in [6.07, 6.45) is 0. The van der Waals surface area contributed by atoms with Gasteiger partial charge >= 0.3 is 0 Å². The molecule has 0 radical (unpaired) electrons. The molecule has 0 saturated carbocycles. The van der Waals surface area contributed by atoms with E-state index in [9.17, 15) is 4.79 Å². The summed E-state index contributed by atoms with van der Waals surface area (Å²) in [5, 5.41) is 0.738. The van der Waals surface area contributed by atoms with Gasteiger partial charge in [-0.1, -0.05) is 29.3 Å². The number of anilines is 1. The molecule has 0 bridgehead atoms. The lowest BCUT2D eigenvalue weighted by molar-refractivity contribution is 0.103. The van der Waals surface area contributed by atoms with Crippen LogP contribution in [0.3, 0.4) is 0 Å². The van der Waals surface area contributed by atoms with Crippen molar-refractivity contribution in [3.8, 4) is 5.75 Å². The fourth-order valence-corrected chi connectivity index (χ4v) is 2.21. The molecule has 0 aliphatic carbocycles. The summed E-state index contributed by atoms with van der Waals surface area (Å²) >= 11 is 11.9. The predicted molar refractivity (Wildman–Crippen MR) is 77.3 cm³/mol. The molecule has 0 aliphatic rings. The van der Waals surface area contributed by atoms with Gasteiger partial charge < -0.3 is 10.5 Å². The number of methoxy groups -OCH3 is 1. The highest BCUT2D eigenvalue weighted by Gasteiger charge is 2.19. The summed E-state index contributed by atoms with van der Waals surface area (Å²) < 4.78 is 5.16. The predicted octanol–water partition coefficient (Wildman–Crippen LogP) is 3.82. The number of carbonyl (C=O) groups excluding carboxylic acids is 1. The van der Waals surface area contributed by atoms with Crippen molar-refractivity contribution in [1.29, 1.82) is 0 Å². The molecule has 19 heavy (non-hydrogen) atoms. The molecule has 0 amide bonds. The van der Waals surface area contributed by atoms with Crippen LogP contribution in [0.15, 0.2) is 36.4 Å². The zero-order valence-electron chi connectivity index (χ0n) is 10.1. The average Bonchev–Trinajstić information content (AvgIpc) is 2.38. The number of ketones is 1. The summed E-state index contributed by atoms with van der Waals surface area (Å²) in [4.78, 5) is 12.5. The Morgan fingerprint density at radius 1 is 1.21 bits per heavy atom. The Morgan fingerprint density at radius 3 is 2.58 bits per heavy atom. The van der Waals surface area contributed by atoms with Crippen molar-refractivity contribution in [1.82, 2.24) is 0 Å². The number of hydrogen-bond donors (Lipinski definition) is 1. The van der Waals surface area contributed by atoms with Crippen LogP contribution < -0.4 is 10.5 Å². The van der Waals surface area contributed by atoms with Gasteiger partial charge in [0, 0.05) is 10.7 Å². The highest BCUT2D eigenvalue weighted by atomic mass is 35.5. The maximum atomic E-state index is 12.5. The van der Waals surface area contributed by atoms with Gasteiger partial charge in [0.1, 0.15) is 5.75 Å². The van der Waals surface area contributed by atoms with E-state index in [1.165, 1.54) is 13.2 Å². The van der Waals surface area contributed by atoms with Crippen LogP contribution in [0.1, 0.15) is 15.9 Å². The van der Waals surface area contributed by atoms with Gasteiger partial charge in [0.05, 0.1) is 23.3 Å². The third kappa shape index (κ3) is 2.67. The Labute approximate surface area is 120 Å². The number of nitrogens with two attached hydrogens (primary N) is 1. The normalized spacial score (nSPS) is 10.3. The number of ether oxygens (including phenoxy) is 1. The summed E-state index contributed by atoms with van der Waals surface area (Å²) in [6, 6.07) is 9.73. The second-order valence-corrected chi connectivity index (χ2v) is 4.72. The van der Waals surface area contributed by atoms with Crippen LogP contribution in [0, 0.1) is 0 Å². The molecule has 0 fully saturated rings.